The van der Waals surface area contributed by atoms with Gasteiger partial charge in [0, 0.05) is 12.0 Å². The number of hydrogen-bond acceptors (Lipinski definition) is 4. The summed E-state index contributed by atoms with van der Waals surface area (Å²) in [6, 6.07) is 8.01. The van der Waals surface area contributed by atoms with Crippen LogP contribution in [0.1, 0.15) is 55.9 Å². The van der Waals surface area contributed by atoms with Crippen LogP contribution in [0.2, 0.25) is 0 Å². The number of carbonyl (C=O) groups is 2. The molecule has 0 atom stereocenters. The fraction of sp³-hybridized carbons (Fsp3) is 0.440. The summed E-state index contributed by atoms with van der Waals surface area (Å²) in [5.41, 5.74) is 5.37. The van der Waals surface area contributed by atoms with Crippen LogP contribution < -0.4 is 10.1 Å². The van der Waals surface area contributed by atoms with Gasteiger partial charge in [0.25, 0.3) is 0 Å². The third kappa shape index (κ3) is 6.82. The maximum absolute atomic E-state index is 12.1. The zero-order valence-electron chi connectivity index (χ0n) is 19.3. The Morgan fingerprint density at radius 1 is 1.10 bits per heavy atom. The maximum Gasteiger partial charge on any atom is 0.307 e. The van der Waals surface area contributed by atoms with Crippen LogP contribution in [-0.4, -0.2) is 34.3 Å². The molecular formula is C25H33NO5. The number of hydrogen-bond donors (Lipinski definition) is 3. The Hall–Kier alpha value is -2.86. The van der Waals surface area contributed by atoms with Crippen molar-refractivity contribution in [2.75, 3.05) is 11.9 Å². The summed E-state index contributed by atoms with van der Waals surface area (Å²) >= 11 is 0. The van der Waals surface area contributed by atoms with Gasteiger partial charge in [-0.3, -0.25) is 9.59 Å². The second kappa shape index (κ2) is 9.96. The lowest BCUT2D eigenvalue weighted by Gasteiger charge is -2.25. The van der Waals surface area contributed by atoms with Crippen molar-refractivity contribution in [2.45, 2.75) is 66.4 Å². The van der Waals surface area contributed by atoms with Gasteiger partial charge in [0.1, 0.15) is 5.75 Å². The predicted molar refractivity (Wildman–Crippen MR) is 123 cm³/mol. The van der Waals surface area contributed by atoms with E-state index in [9.17, 15) is 14.7 Å². The third-order valence-electron chi connectivity index (χ3n) is 4.80. The number of ether oxygens (including phenoxy) is 1. The highest BCUT2D eigenvalue weighted by molar-refractivity contribution is 5.96. The third-order valence-corrected chi connectivity index (χ3v) is 4.80. The minimum atomic E-state index is -0.904. The molecule has 3 rings (SSSR count). The van der Waals surface area contributed by atoms with E-state index < -0.39 is 11.6 Å². The Morgan fingerprint density at radius 3 is 2.23 bits per heavy atom. The van der Waals surface area contributed by atoms with Crippen LogP contribution in [0, 0.1) is 20.8 Å². The van der Waals surface area contributed by atoms with Gasteiger partial charge in [-0.1, -0.05) is 29.8 Å². The van der Waals surface area contributed by atoms with E-state index in [-0.39, 0.29) is 12.3 Å². The molecule has 1 aliphatic heterocycles. The Bertz CT molecular complexity index is 950. The van der Waals surface area contributed by atoms with E-state index >= 15 is 0 Å². The normalized spacial score (nSPS) is 13.6. The highest BCUT2D eigenvalue weighted by Crippen LogP contribution is 2.43. The standard InChI is InChI=1S/C21H23NO4.C4H10O/c1-12-6-8-15(9-7-12)19-14(3)21-20(13(2)16(19)11-18(24)25)22-17(23)5-4-10-26-21;1-4(2,3)5/h6-9H,4-5,10-11H2,1-3H3,(H,22,23)(H,24,25);5H,1-3H3. The first-order valence-corrected chi connectivity index (χ1v) is 10.5. The molecule has 2 aromatic rings. The molecule has 0 aromatic heterocycles. The molecule has 6 heteroatoms. The summed E-state index contributed by atoms with van der Waals surface area (Å²) in [6.07, 6.45) is 0.936. The molecule has 6 nitrogen and oxygen atoms in total. The van der Waals surface area contributed by atoms with Gasteiger partial charge < -0.3 is 20.3 Å². The van der Waals surface area contributed by atoms with E-state index in [0.717, 1.165) is 27.8 Å². The molecule has 0 bridgehead atoms. The first kappa shape index (κ1) is 24.4. The second-order valence-corrected chi connectivity index (χ2v) is 8.92. The number of aliphatic carboxylic acids is 1. The van der Waals surface area contributed by atoms with E-state index in [0.29, 0.717) is 36.4 Å². The van der Waals surface area contributed by atoms with Crippen LogP contribution in [0.3, 0.4) is 0 Å². The van der Waals surface area contributed by atoms with Crippen LogP contribution in [-0.2, 0) is 16.0 Å². The van der Waals surface area contributed by atoms with Gasteiger partial charge in [-0.2, -0.15) is 0 Å². The van der Waals surface area contributed by atoms with Crippen molar-refractivity contribution in [1.29, 1.82) is 0 Å². The SMILES string of the molecule is CC(C)(C)O.Cc1ccc(-c2c(C)c3c(c(C)c2CC(=O)O)NC(=O)CCCO3)cc1. The Kier molecular flexibility index (Phi) is 7.85. The number of nitrogens with one attached hydrogen (secondary N) is 1. The molecule has 0 radical (unpaired) electrons. The van der Waals surface area contributed by atoms with Crippen LogP contribution in [0.5, 0.6) is 5.75 Å². The summed E-state index contributed by atoms with van der Waals surface area (Å²) in [5.74, 6) is -0.333. The van der Waals surface area contributed by atoms with Crippen LogP contribution >= 0.6 is 0 Å². The molecule has 1 aliphatic rings. The van der Waals surface area contributed by atoms with E-state index in [2.05, 4.69) is 5.32 Å². The van der Waals surface area contributed by atoms with Crippen molar-refractivity contribution >= 4 is 17.6 Å². The summed E-state index contributed by atoms with van der Waals surface area (Å²) < 4.78 is 5.97. The number of aliphatic hydroxyl groups is 1. The lowest BCUT2D eigenvalue weighted by atomic mass is 9.87. The van der Waals surface area contributed by atoms with Crippen LogP contribution in [0.4, 0.5) is 5.69 Å². The number of carbonyl (C=O) groups excluding carboxylic acids is 1. The molecule has 1 amide bonds. The van der Waals surface area contributed by atoms with Crippen molar-refractivity contribution in [1.82, 2.24) is 0 Å². The van der Waals surface area contributed by atoms with Gasteiger partial charge in [-0.05, 0) is 70.2 Å². The number of fused-ring (bicyclic) bond motifs is 1. The van der Waals surface area contributed by atoms with Gasteiger partial charge in [0.05, 0.1) is 24.3 Å². The molecule has 0 saturated carbocycles. The number of rotatable bonds is 3. The van der Waals surface area contributed by atoms with Crippen LogP contribution in [0.25, 0.3) is 11.1 Å². The molecule has 2 aromatic carbocycles. The average molecular weight is 428 g/mol. The van der Waals surface area contributed by atoms with E-state index in [1.165, 1.54) is 0 Å². The minimum Gasteiger partial charge on any atom is -0.491 e. The fourth-order valence-electron chi connectivity index (χ4n) is 3.46. The lowest BCUT2D eigenvalue weighted by Crippen LogP contribution is -2.20. The van der Waals surface area contributed by atoms with Gasteiger partial charge in [-0.25, -0.2) is 0 Å². The second-order valence-electron chi connectivity index (χ2n) is 8.92. The van der Waals surface area contributed by atoms with Crippen LogP contribution in [0.15, 0.2) is 24.3 Å². The zero-order valence-corrected chi connectivity index (χ0v) is 19.3. The van der Waals surface area contributed by atoms with Crippen molar-refractivity contribution in [3.05, 3.63) is 46.5 Å². The van der Waals surface area contributed by atoms with Gasteiger partial charge in [-0.15, -0.1) is 0 Å². The Balaban J connectivity index is 0.000000614. The largest absolute Gasteiger partial charge is 0.491 e. The number of carboxylic acid groups (broad SMARTS) is 1. The smallest absolute Gasteiger partial charge is 0.307 e. The first-order chi connectivity index (χ1) is 14.4. The summed E-state index contributed by atoms with van der Waals surface area (Å²) in [4.78, 5) is 23.6. The number of carboxylic acids is 1. The molecular weight excluding hydrogens is 394 g/mol. The maximum atomic E-state index is 12.1. The lowest BCUT2D eigenvalue weighted by molar-refractivity contribution is -0.136. The summed E-state index contributed by atoms with van der Waals surface area (Å²) in [6.45, 7) is 11.5. The number of benzene rings is 2. The monoisotopic (exact) mass is 427 g/mol. The summed E-state index contributed by atoms with van der Waals surface area (Å²) in [5, 5.41) is 20.9. The summed E-state index contributed by atoms with van der Waals surface area (Å²) in [7, 11) is 0. The molecule has 0 saturated heterocycles. The van der Waals surface area contributed by atoms with E-state index in [1.807, 2.05) is 45.0 Å². The van der Waals surface area contributed by atoms with E-state index in [1.54, 1.807) is 20.8 Å². The van der Waals surface area contributed by atoms with Gasteiger partial charge in [0.15, 0.2) is 0 Å². The highest BCUT2D eigenvalue weighted by atomic mass is 16.5. The topological polar surface area (TPSA) is 95.9 Å². The molecule has 168 valence electrons. The van der Waals surface area contributed by atoms with E-state index in [4.69, 9.17) is 9.84 Å². The number of anilines is 1. The molecule has 0 fully saturated rings. The van der Waals surface area contributed by atoms with Crippen molar-refractivity contribution < 1.29 is 24.5 Å². The van der Waals surface area contributed by atoms with Gasteiger partial charge in [0.2, 0.25) is 5.91 Å². The van der Waals surface area contributed by atoms with Crippen molar-refractivity contribution in [3.63, 3.8) is 0 Å². The first-order valence-electron chi connectivity index (χ1n) is 10.5. The average Bonchev–Trinajstić information content (AvgIpc) is 2.62. The molecule has 1 heterocycles. The minimum absolute atomic E-state index is 0.0681. The predicted octanol–water partition coefficient (Wildman–Crippen LogP) is 4.79. The van der Waals surface area contributed by atoms with Gasteiger partial charge >= 0.3 is 5.97 Å². The highest BCUT2D eigenvalue weighted by Gasteiger charge is 2.25. The Labute approximate surface area is 184 Å². The number of amides is 1. The molecule has 31 heavy (non-hydrogen) atoms. The molecule has 0 aliphatic carbocycles. The fourth-order valence-corrected chi connectivity index (χ4v) is 3.46. The quantitative estimate of drug-likeness (QED) is 0.654. The Morgan fingerprint density at radius 2 is 1.68 bits per heavy atom. The molecule has 0 unspecified atom stereocenters. The number of aryl methyl sites for hydroxylation is 1. The van der Waals surface area contributed by atoms with Crippen molar-refractivity contribution in [2.24, 2.45) is 0 Å². The molecule has 0 spiro atoms. The molecule has 3 N–H and O–H groups in total. The van der Waals surface area contributed by atoms with Crippen molar-refractivity contribution in [3.8, 4) is 16.9 Å². The zero-order chi connectivity index (χ0) is 23.3.